The monoisotopic (exact) mass is 450 g/mol. The summed E-state index contributed by atoms with van der Waals surface area (Å²) >= 11 is 6.01. The molecule has 0 aromatic heterocycles. The number of hydrogen-bond donors (Lipinski definition) is 1. The smallest absolute Gasteiger partial charge is 0.259 e. The van der Waals surface area contributed by atoms with Crippen molar-refractivity contribution in [2.24, 2.45) is 0 Å². The minimum atomic E-state index is -1.55. The van der Waals surface area contributed by atoms with Gasteiger partial charge < -0.3 is 10.2 Å². The molecule has 0 saturated heterocycles. The van der Waals surface area contributed by atoms with Crippen LogP contribution >= 0.6 is 11.6 Å². The highest BCUT2D eigenvalue weighted by molar-refractivity contribution is 7.85. The van der Waals surface area contributed by atoms with Gasteiger partial charge in [-0.3, -0.25) is 9.59 Å². The standard InChI is InChI=1S/C24H19ClN2O3S/c25-17-8-5-15(6-9-17)14-27-20-13-16(23(28)26-18-10-11-18)7-12-22(20)31(30)21-4-2-1-3-19(21)24(27)29/h1-9,12-13,18H,10-11,14H2,(H,26,28). The Balaban J connectivity index is 1.63. The van der Waals surface area contributed by atoms with Gasteiger partial charge in [-0.05, 0) is 60.9 Å². The van der Waals surface area contributed by atoms with Crippen LogP contribution in [0.1, 0.15) is 39.1 Å². The first kappa shape index (κ1) is 20.0. The molecule has 5 nitrogen and oxygen atoms in total. The third-order valence-electron chi connectivity index (χ3n) is 5.44. The second-order valence-corrected chi connectivity index (χ2v) is 9.57. The van der Waals surface area contributed by atoms with Crippen LogP contribution in [0.5, 0.6) is 0 Å². The van der Waals surface area contributed by atoms with Crippen molar-refractivity contribution in [3.8, 4) is 0 Å². The number of nitrogens with one attached hydrogen (secondary N) is 1. The van der Waals surface area contributed by atoms with E-state index in [1.54, 1.807) is 59.5 Å². The van der Waals surface area contributed by atoms with Crippen molar-refractivity contribution < 1.29 is 13.8 Å². The summed E-state index contributed by atoms with van der Waals surface area (Å²) in [5.41, 5.74) is 2.21. The van der Waals surface area contributed by atoms with E-state index in [9.17, 15) is 13.8 Å². The van der Waals surface area contributed by atoms with Gasteiger partial charge in [0.25, 0.3) is 11.8 Å². The molecule has 2 aliphatic rings. The lowest BCUT2D eigenvalue weighted by molar-refractivity contribution is 0.0947. The van der Waals surface area contributed by atoms with E-state index < -0.39 is 10.8 Å². The lowest BCUT2D eigenvalue weighted by Crippen LogP contribution is -2.31. The van der Waals surface area contributed by atoms with Crippen LogP contribution in [-0.4, -0.2) is 22.1 Å². The molecule has 0 bridgehead atoms. The molecule has 3 aromatic carbocycles. The van der Waals surface area contributed by atoms with E-state index in [2.05, 4.69) is 5.32 Å². The molecular formula is C24H19ClN2O3S. The van der Waals surface area contributed by atoms with Gasteiger partial charge in [-0.25, -0.2) is 4.21 Å². The zero-order valence-electron chi connectivity index (χ0n) is 16.5. The van der Waals surface area contributed by atoms with Crippen molar-refractivity contribution in [1.29, 1.82) is 0 Å². The minimum Gasteiger partial charge on any atom is -0.349 e. The molecule has 1 saturated carbocycles. The summed E-state index contributed by atoms with van der Waals surface area (Å²) in [5, 5.41) is 3.58. The molecular weight excluding hydrogens is 432 g/mol. The molecule has 1 N–H and O–H groups in total. The molecule has 0 spiro atoms. The van der Waals surface area contributed by atoms with Crippen LogP contribution in [0, 0.1) is 0 Å². The number of benzene rings is 3. The van der Waals surface area contributed by atoms with Gasteiger partial charge in [0, 0.05) is 16.6 Å². The first-order valence-corrected chi connectivity index (χ1v) is 11.6. The van der Waals surface area contributed by atoms with Crippen molar-refractivity contribution in [3.05, 3.63) is 88.4 Å². The summed E-state index contributed by atoms with van der Waals surface area (Å²) in [6, 6.07) is 19.4. The normalized spacial score (nSPS) is 17.5. The fraction of sp³-hybridized carbons (Fsp3) is 0.167. The highest BCUT2D eigenvalue weighted by Gasteiger charge is 2.32. The number of amides is 2. The fourth-order valence-electron chi connectivity index (χ4n) is 3.63. The Morgan fingerprint density at radius 1 is 1.03 bits per heavy atom. The van der Waals surface area contributed by atoms with E-state index in [1.165, 1.54) is 0 Å². The molecule has 1 heterocycles. The lowest BCUT2D eigenvalue weighted by Gasteiger charge is -2.23. The predicted molar refractivity (Wildman–Crippen MR) is 120 cm³/mol. The SMILES string of the molecule is O=C(NC1CC1)c1ccc2c(c1)N(Cc1ccc(Cl)cc1)C(=O)c1ccccc1S2=O. The molecule has 31 heavy (non-hydrogen) atoms. The average Bonchev–Trinajstić information content (AvgIpc) is 3.61. The Hall–Kier alpha value is -2.96. The Morgan fingerprint density at radius 3 is 2.52 bits per heavy atom. The van der Waals surface area contributed by atoms with Crippen LogP contribution in [0.4, 0.5) is 5.69 Å². The second-order valence-electron chi connectivity index (χ2n) is 7.71. The van der Waals surface area contributed by atoms with Crippen LogP contribution < -0.4 is 10.2 Å². The number of hydrogen-bond acceptors (Lipinski definition) is 3. The fourth-order valence-corrected chi connectivity index (χ4v) is 5.10. The third kappa shape index (κ3) is 3.89. The number of nitrogens with zero attached hydrogens (tertiary/aromatic N) is 1. The molecule has 1 fully saturated rings. The Kier molecular flexibility index (Phi) is 5.12. The maximum absolute atomic E-state index is 13.6. The van der Waals surface area contributed by atoms with Gasteiger partial charge >= 0.3 is 0 Å². The zero-order valence-corrected chi connectivity index (χ0v) is 18.1. The van der Waals surface area contributed by atoms with Crippen molar-refractivity contribution in [3.63, 3.8) is 0 Å². The van der Waals surface area contributed by atoms with Gasteiger partial charge in [-0.1, -0.05) is 35.9 Å². The number of fused-ring (bicyclic) bond motifs is 2. The summed E-state index contributed by atoms with van der Waals surface area (Å²) in [5.74, 6) is -0.436. The Morgan fingerprint density at radius 2 is 1.77 bits per heavy atom. The maximum atomic E-state index is 13.6. The van der Waals surface area contributed by atoms with Crippen molar-refractivity contribution in [1.82, 2.24) is 5.32 Å². The molecule has 3 aromatic rings. The maximum Gasteiger partial charge on any atom is 0.259 e. The molecule has 1 unspecified atom stereocenters. The molecule has 1 atom stereocenters. The first-order chi connectivity index (χ1) is 15.0. The van der Waals surface area contributed by atoms with Crippen molar-refractivity contribution in [2.75, 3.05) is 4.90 Å². The summed E-state index contributed by atoms with van der Waals surface area (Å²) in [6.07, 6.45) is 1.97. The van der Waals surface area contributed by atoms with E-state index in [1.807, 2.05) is 12.1 Å². The van der Waals surface area contributed by atoms with Gasteiger partial charge in [0.05, 0.1) is 38.4 Å². The van der Waals surface area contributed by atoms with Crippen LogP contribution in [0.15, 0.2) is 76.5 Å². The average molecular weight is 451 g/mol. The molecule has 1 aliphatic carbocycles. The Bertz CT molecular complexity index is 1220. The molecule has 7 heteroatoms. The van der Waals surface area contributed by atoms with Crippen molar-refractivity contribution in [2.45, 2.75) is 35.2 Å². The zero-order chi connectivity index (χ0) is 21.5. The number of halogens is 1. The summed E-state index contributed by atoms with van der Waals surface area (Å²) < 4.78 is 13.4. The number of anilines is 1. The minimum absolute atomic E-state index is 0.184. The topological polar surface area (TPSA) is 66.5 Å². The van der Waals surface area contributed by atoms with Gasteiger partial charge in [-0.2, -0.15) is 0 Å². The number of carbonyl (C=O) groups excluding carboxylic acids is 2. The van der Waals surface area contributed by atoms with E-state index in [4.69, 9.17) is 11.6 Å². The number of carbonyl (C=O) groups is 2. The molecule has 0 radical (unpaired) electrons. The highest BCUT2D eigenvalue weighted by Crippen LogP contribution is 2.36. The second kappa shape index (κ2) is 7.94. The van der Waals surface area contributed by atoms with Gasteiger partial charge in [0.2, 0.25) is 0 Å². The van der Waals surface area contributed by atoms with Crippen LogP contribution in [0.2, 0.25) is 5.02 Å². The summed E-state index contributed by atoms with van der Waals surface area (Å²) in [6.45, 7) is 0.266. The third-order valence-corrected chi connectivity index (χ3v) is 7.19. The molecule has 1 aliphatic heterocycles. The predicted octanol–water partition coefficient (Wildman–Crippen LogP) is 4.56. The van der Waals surface area contributed by atoms with Crippen LogP contribution in [-0.2, 0) is 17.3 Å². The largest absolute Gasteiger partial charge is 0.349 e. The van der Waals surface area contributed by atoms with E-state index in [0.717, 1.165) is 18.4 Å². The van der Waals surface area contributed by atoms with Crippen LogP contribution in [0.3, 0.4) is 0 Å². The molecule has 156 valence electrons. The number of rotatable bonds is 4. The van der Waals surface area contributed by atoms with E-state index in [-0.39, 0.29) is 24.4 Å². The van der Waals surface area contributed by atoms with Crippen LogP contribution in [0.25, 0.3) is 0 Å². The van der Waals surface area contributed by atoms with E-state index in [0.29, 0.717) is 31.6 Å². The van der Waals surface area contributed by atoms with Gasteiger partial charge in [-0.15, -0.1) is 0 Å². The summed E-state index contributed by atoms with van der Waals surface area (Å²) in [4.78, 5) is 28.8. The van der Waals surface area contributed by atoms with Crippen molar-refractivity contribution >= 4 is 39.9 Å². The lowest BCUT2D eigenvalue weighted by atomic mass is 10.1. The summed E-state index contributed by atoms with van der Waals surface area (Å²) in [7, 11) is -1.55. The highest BCUT2D eigenvalue weighted by atomic mass is 35.5. The quantitative estimate of drug-likeness (QED) is 0.633. The van der Waals surface area contributed by atoms with E-state index >= 15 is 0 Å². The first-order valence-electron chi connectivity index (χ1n) is 10.0. The van der Waals surface area contributed by atoms with Gasteiger partial charge in [0.1, 0.15) is 0 Å². The van der Waals surface area contributed by atoms with Gasteiger partial charge in [0.15, 0.2) is 0 Å². The molecule has 5 rings (SSSR count). The molecule has 2 amide bonds. The Labute approximate surface area is 187 Å².